The highest BCUT2D eigenvalue weighted by atomic mass is 32.2. The minimum Gasteiger partial charge on any atom is -0.361 e. The maximum atomic E-state index is 12.1. The highest BCUT2D eigenvalue weighted by Crippen LogP contribution is 2.34. The Morgan fingerprint density at radius 1 is 0.917 bits per heavy atom. The number of aliphatic hydroxyl groups is 1. The van der Waals surface area contributed by atoms with Gasteiger partial charge in [0.25, 0.3) is 0 Å². The average Bonchev–Trinajstić information content (AvgIpc) is 2.94. The SMILES string of the molecule is CN1Cc2c(C3CCS(=O)(=O)CC3)ncc(-c3ccc(-c4ccccc4)nc3)cnn(C)c2NC1O. The van der Waals surface area contributed by atoms with Crippen molar-refractivity contribution in [1.29, 1.82) is 0 Å². The molecule has 2 aliphatic heterocycles. The van der Waals surface area contributed by atoms with E-state index in [-0.39, 0.29) is 17.4 Å². The lowest BCUT2D eigenvalue weighted by Gasteiger charge is -2.34. The van der Waals surface area contributed by atoms with Crippen LogP contribution in [-0.4, -0.2) is 63.1 Å². The molecule has 36 heavy (non-hydrogen) atoms. The van der Waals surface area contributed by atoms with E-state index in [1.165, 1.54) is 0 Å². The first-order chi connectivity index (χ1) is 17.3. The summed E-state index contributed by atoms with van der Waals surface area (Å²) in [5.41, 5.74) is 5.30. The van der Waals surface area contributed by atoms with Gasteiger partial charge < -0.3 is 10.4 Å². The Labute approximate surface area is 211 Å². The van der Waals surface area contributed by atoms with Crippen molar-refractivity contribution in [2.75, 3.05) is 23.9 Å². The maximum Gasteiger partial charge on any atom is 0.185 e. The predicted molar refractivity (Wildman–Crippen MR) is 139 cm³/mol. The lowest BCUT2D eigenvalue weighted by atomic mass is 9.94. The van der Waals surface area contributed by atoms with Crippen LogP contribution in [0.4, 0.5) is 5.82 Å². The molecular weight excluding hydrogens is 476 g/mol. The standard InChI is InChI=1S/C26H30N6O3S/c1-31-17-22-24(19-10-12-36(34,35)13-11-19)28-15-21(16-29-32(2)25(22)30-26(31)33)20-8-9-23(27-14-20)18-6-4-3-5-7-18/h3-9,14-16,19,26,30,33H,10-13,17H2,1-2H3. The Bertz CT molecular complexity index is 1390. The first-order valence-corrected chi connectivity index (χ1v) is 13.8. The molecule has 1 unspecified atom stereocenters. The molecule has 1 saturated heterocycles. The highest BCUT2D eigenvalue weighted by molar-refractivity contribution is 7.91. The van der Waals surface area contributed by atoms with Gasteiger partial charge in [0.1, 0.15) is 15.7 Å². The smallest absolute Gasteiger partial charge is 0.185 e. The van der Waals surface area contributed by atoms with E-state index in [2.05, 4.69) is 15.4 Å². The van der Waals surface area contributed by atoms with Crippen LogP contribution in [0.3, 0.4) is 0 Å². The molecule has 2 aromatic heterocycles. The maximum absolute atomic E-state index is 12.1. The summed E-state index contributed by atoms with van der Waals surface area (Å²) in [6.45, 7) is 0.460. The minimum atomic E-state index is -3.01. The normalized spacial score (nSPS) is 19.7. The van der Waals surface area contributed by atoms with Crippen LogP contribution < -0.4 is 5.32 Å². The quantitative estimate of drug-likeness (QED) is 0.557. The molecule has 1 aromatic carbocycles. The lowest BCUT2D eigenvalue weighted by Crippen LogP contribution is -2.43. The number of sulfone groups is 1. The van der Waals surface area contributed by atoms with E-state index in [0.717, 1.165) is 33.6 Å². The molecule has 9 nitrogen and oxygen atoms in total. The van der Waals surface area contributed by atoms with Gasteiger partial charge in [-0.3, -0.25) is 19.5 Å². The number of nitrogens with one attached hydrogen (secondary N) is 1. The fourth-order valence-electron chi connectivity index (χ4n) is 4.69. The molecule has 3 aromatic rings. The molecule has 10 heteroatoms. The summed E-state index contributed by atoms with van der Waals surface area (Å²) in [5, 5.41) is 18.2. The number of aliphatic hydroxyl groups excluding tert-OH is 1. The molecular formula is C26H30N6O3S. The summed E-state index contributed by atoms with van der Waals surface area (Å²) < 4.78 is 25.9. The summed E-state index contributed by atoms with van der Waals surface area (Å²) in [5.74, 6) is 0.959. The minimum absolute atomic E-state index is 0.00782. The van der Waals surface area contributed by atoms with Gasteiger partial charge in [0, 0.05) is 54.2 Å². The number of hydrogen-bond donors (Lipinski definition) is 2. The molecule has 0 bridgehead atoms. The monoisotopic (exact) mass is 506 g/mol. The Hall–Kier alpha value is -3.34. The molecule has 0 aliphatic carbocycles. The van der Waals surface area contributed by atoms with Gasteiger partial charge >= 0.3 is 0 Å². The van der Waals surface area contributed by atoms with Crippen molar-refractivity contribution in [1.82, 2.24) is 24.6 Å². The summed E-state index contributed by atoms with van der Waals surface area (Å²) in [6, 6.07) is 14.0. The summed E-state index contributed by atoms with van der Waals surface area (Å²) in [6.07, 6.45) is 5.50. The van der Waals surface area contributed by atoms with Crippen LogP contribution in [0.5, 0.6) is 0 Å². The van der Waals surface area contributed by atoms with E-state index in [4.69, 9.17) is 4.98 Å². The lowest BCUT2D eigenvalue weighted by molar-refractivity contribution is 0.0331. The van der Waals surface area contributed by atoms with Crippen molar-refractivity contribution in [3.63, 3.8) is 0 Å². The number of pyridine rings is 1. The molecule has 0 radical (unpaired) electrons. The number of rotatable bonds is 3. The first kappa shape index (κ1) is 24.4. The van der Waals surface area contributed by atoms with Crippen LogP contribution in [0, 0.1) is 0 Å². The Morgan fingerprint density at radius 3 is 2.33 bits per heavy atom. The van der Waals surface area contributed by atoms with E-state index in [1.54, 1.807) is 22.0 Å². The van der Waals surface area contributed by atoms with E-state index in [1.807, 2.05) is 62.8 Å². The molecule has 2 aliphatic rings. The van der Waals surface area contributed by atoms with Gasteiger partial charge in [0.2, 0.25) is 0 Å². The van der Waals surface area contributed by atoms with Crippen LogP contribution in [0.15, 0.2) is 61.1 Å². The molecule has 4 heterocycles. The molecule has 1 fully saturated rings. The van der Waals surface area contributed by atoms with Crippen LogP contribution >= 0.6 is 0 Å². The van der Waals surface area contributed by atoms with Crippen molar-refractivity contribution in [3.05, 3.63) is 72.3 Å². The van der Waals surface area contributed by atoms with Crippen molar-refractivity contribution in [3.8, 4) is 22.4 Å². The van der Waals surface area contributed by atoms with Crippen LogP contribution in [0.2, 0.25) is 0 Å². The molecule has 0 spiro atoms. The Morgan fingerprint density at radius 2 is 1.64 bits per heavy atom. The van der Waals surface area contributed by atoms with E-state index in [9.17, 15) is 13.5 Å². The molecule has 188 valence electrons. The second-order valence-corrected chi connectivity index (χ2v) is 11.7. The van der Waals surface area contributed by atoms with Gasteiger partial charge in [0.15, 0.2) is 6.35 Å². The fraction of sp³-hybridized carbons (Fsp3) is 0.346. The van der Waals surface area contributed by atoms with Crippen molar-refractivity contribution in [2.45, 2.75) is 31.7 Å². The largest absolute Gasteiger partial charge is 0.361 e. The second-order valence-electron chi connectivity index (χ2n) is 9.35. The van der Waals surface area contributed by atoms with Gasteiger partial charge in [-0.1, -0.05) is 36.4 Å². The van der Waals surface area contributed by atoms with Crippen LogP contribution in [0.1, 0.15) is 30.0 Å². The van der Waals surface area contributed by atoms with Crippen molar-refractivity contribution in [2.24, 2.45) is 7.05 Å². The van der Waals surface area contributed by atoms with Gasteiger partial charge in [-0.25, -0.2) is 8.42 Å². The third-order valence-electron chi connectivity index (χ3n) is 6.83. The molecule has 1 atom stereocenters. The van der Waals surface area contributed by atoms with Gasteiger partial charge in [0.05, 0.1) is 29.1 Å². The van der Waals surface area contributed by atoms with E-state index >= 15 is 0 Å². The van der Waals surface area contributed by atoms with E-state index < -0.39 is 16.2 Å². The third-order valence-corrected chi connectivity index (χ3v) is 8.55. The average molecular weight is 507 g/mol. The predicted octanol–water partition coefficient (Wildman–Crippen LogP) is 3.09. The van der Waals surface area contributed by atoms with E-state index in [0.29, 0.717) is 25.2 Å². The number of nitrogens with zero attached hydrogens (tertiary/aromatic N) is 5. The zero-order chi connectivity index (χ0) is 25.3. The number of aromatic nitrogens is 4. The number of hydrogen-bond acceptors (Lipinski definition) is 8. The van der Waals surface area contributed by atoms with Crippen LogP contribution in [0.25, 0.3) is 22.4 Å². The Balaban J connectivity index is 1.61. The zero-order valence-electron chi connectivity index (χ0n) is 20.4. The van der Waals surface area contributed by atoms with Crippen molar-refractivity contribution < 1.29 is 13.5 Å². The number of anilines is 1. The number of benzene rings is 1. The summed E-state index contributed by atoms with van der Waals surface area (Å²) in [4.78, 5) is 11.4. The molecule has 2 N–H and O–H groups in total. The Kier molecular flexibility index (Phi) is 6.74. The fourth-order valence-corrected chi connectivity index (χ4v) is 6.18. The first-order valence-electron chi connectivity index (χ1n) is 12.0. The van der Waals surface area contributed by atoms with Gasteiger partial charge in [-0.05, 0) is 26.0 Å². The second kappa shape index (κ2) is 9.96. The van der Waals surface area contributed by atoms with Crippen LogP contribution in [-0.2, 0) is 23.4 Å². The number of aryl methyl sites for hydroxylation is 1. The summed E-state index contributed by atoms with van der Waals surface area (Å²) in [7, 11) is 0.626. The zero-order valence-corrected chi connectivity index (χ0v) is 21.2. The van der Waals surface area contributed by atoms with Gasteiger partial charge in [-0.2, -0.15) is 5.10 Å². The molecule has 0 saturated carbocycles. The summed E-state index contributed by atoms with van der Waals surface area (Å²) >= 11 is 0. The van der Waals surface area contributed by atoms with Gasteiger partial charge in [-0.15, -0.1) is 0 Å². The molecule has 5 rings (SSSR count). The highest BCUT2D eigenvalue weighted by Gasteiger charge is 2.31. The van der Waals surface area contributed by atoms with Crippen molar-refractivity contribution >= 4 is 15.7 Å². The topological polar surface area (TPSA) is 113 Å². The number of fused-ring (bicyclic) bond motifs is 1. The third kappa shape index (κ3) is 5.11. The molecule has 0 amide bonds.